The molecule has 1 aromatic heterocycles. The van der Waals surface area contributed by atoms with E-state index in [2.05, 4.69) is 0 Å². The molecule has 1 atom stereocenters. The van der Waals surface area contributed by atoms with Crippen molar-refractivity contribution < 1.29 is 33.4 Å². The van der Waals surface area contributed by atoms with E-state index in [0.29, 0.717) is 18.0 Å². The van der Waals surface area contributed by atoms with E-state index in [1.54, 1.807) is 18.2 Å². The van der Waals surface area contributed by atoms with Crippen molar-refractivity contribution >= 4 is 40.7 Å². The highest BCUT2D eigenvalue weighted by atomic mass is 35.5. The van der Waals surface area contributed by atoms with Gasteiger partial charge in [-0.1, -0.05) is 11.6 Å². The third kappa shape index (κ3) is 4.04. The summed E-state index contributed by atoms with van der Waals surface area (Å²) in [5.41, 5.74) is 0.553. The molecule has 1 N–H and O–H groups in total. The summed E-state index contributed by atoms with van der Waals surface area (Å²) in [7, 11) is 1.26. The van der Waals surface area contributed by atoms with E-state index in [9.17, 15) is 19.5 Å². The van der Waals surface area contributed by atoms with Crippen molar-refractivity contribution in [2.24, 2.45) is 0 Å². The second kappa shape index (κ2) is 9.44. The zero-order valence-electron chi connectivity index (χ0n) is 18.3. The van der Waals surface area contributed by atoms with Crippen LogP contribution in [0.5, 0.6) is 5.75 Å². The highest BCUT2D eigenvalue weighted by molar-refractivity contribution is 6.52. The summed E-state index contributed by atoms with van der Waals surface area (Å²) in [6.07, 6.45) is 1.40. The van der Waals surface area contributed by atoms with Crippen molar-refractivity contribution in [3.05, 3.63) is 88.3 Å². The summed E-state index contributed by atoms with van der Waals surface area (Å²) >= 11 is 6.31. The molecule has 8 nitrogen and oxygen atoms in total. The largest absolute Gasteiger partial charge is 0.507 e. The number of benzene rings is 2. The number of hydrogen-bond acceptors (Lipinski definition) is 7. The van der Waals surface area contributed by atoms with Crippen molar-refractivity contribution in [1.29, 1.82) is 0 Å². The van der Waals surface area contributed by atoms with Crippen LogP contribution in [0.1, 0.15) is 34.6 Å². The number of halogens is 1. The molecule has 1 fully saturated rings. The monoisotopic (exact) mass is 481 g/mol. The van der Waals surface area contributed by atoms with Gasteiger partial charge in [-0.3, -0.25) is 14.5 Å². The van der Waals surface area contributed by atoms with Gasteiger partial charge in [0, 0.05) is 11.3 Å². The van der Waals surface area contributed by atoms with E-state index in [0.717, 1.165) is 0 Å². The number of amides is 1. The van der Waals surface area contributed by atoms with E-state index in [1.165, 1.54) is 54.7 Å². The lowest BCUT2D eigenvalue weighted by Crippen LogP contribution is -2.29. The van der Waals surface area contributed by atoms with Crippen LogP contribution in [-0.2, 0) is 14.3 Å². The summed E-state index contributed by atoms with van der Waals surface area (Å²) in [5, 5.41) is 11.4. The fourth-order valence-corrected chi connectivity index (χ4v) is 3.99. The zero-order chi connectivity index (χ0) is 24.4. The third-order valence-corrected chi connectivity index (χ3v) is 5.66. The van der Waals surface area contributed by atoms with Gasteiger partial charge in [0.25, 0.3) is 11.7 Å². The maximum Gasteiger partial charge on any atom is 0.337 e. The predicted molar refractivity (Wildman–Crippen MR) is 124 cm³/mol. The first-order valence-electron chi connectivity index (χ1n) is 10.3. The van der Waals surface area contributed by atoms with Gasteiger partial charge < -0.3 is 19.0 Å². The van der Waals surface area contributed by atoms with E-state index in [1.807, 2.05) is 6.92 Å². The number of rotatable bonds is 6. The van der Waals surface area contributed by atoms with Crippen LogP contribution in [0.4, 0.5) is 5.69 Å². The molecule has 1 saturated heterocycles. The maximum atomic E-state index is 13.2. The van der Waals surface area contributed by atoms with Gasteiger partial charge >= 0.3 is 5.97 Å². The Kier molecular flexibility index (Phi) is 6.43. The number of furan rings is 1. The summed E-state index contributed by atoms with van der Waals surface area (Å²) in [4.78, 5) is 39.3. The lowest BCUT2D eigenvalue weighted by Gasteiger charge is -2.23. The average molecular weight is 482 g/mol. The first kappa shape index (κ1) is 23.1. The summed E-state index contributed by atoms with van der Waals surface area (Å²) in [5.74, 6) is -2.08. The Balaban J connectivity index is 1.87. The highest BCUT2D eigenvalue weighted by Gasteiger charge is 2.48. The number of anilines is 1. The fourth-order valence-electron chi connectivity index (χ4n) is 3.78. The number of ketones is 1. The van der Waals surface area contributed by atoms with Gasteiger partial charge in [-0.2, -0.15) is 0 Å². The van der Waals surface area contributed by atoms with Crippen LogP contribution in [0.2, 0.25) is 5.02 Å². The topological polar surface area (TPSA) is 106 Å². The molecule has 2 heterocycles. The van der Waals surface area contributed by atoms with Gasteiger partial charge in [0.05, 0.1) is 36.1 Å². The Bertz CT molecular complexity index is 1280. The molecule has 1 unspecified atom stereocenters. The molecule has 0 radical (unpaired) electrons. The number of ether oxygens (including phenoxy) is 2. The van der Waals surface area contributed by atoms with E-state index in [4.69, 9.17) is 25.5 Å². The van der Waals surface area contributed by atoms with Crippen LogP contribution in [0.15, 0.2) is 70.9 Å². The number of aliphatic hydroxyl groups excluding tert-OH is 1. The number of carbonyl (C=O) groups excluding carboxylic acids is 3. The summed E-state index contributed by atoms with van der Waals surface area (Å²) in [6, 6.07) is 12.8. The van der Waals surface area contributed by atoms with Crippen LogP contribution in [0.25, 0.3) is 5.76 Å². The van der Waals surface area contributed by atoms with Gasteiger partial charge in [0.1, 0.15) is 23.3 Å². The third-order valence-electron chi connectivity index (χ3n) is 5.33. The molecular weight excluding hydrogens is 462 g/mol. The molecule has 34 heavy (non-hydrogen) atoms. The van der Waals surface area contributed by atoms with Crippen molar-refractivity contribution in [3.63, 3.8) is 0 Å². The van der Waals surface area contributed by atoms with Crippen LogP contribution < -0.4 is 9.64 Å². The van der Waals surface area contributed by atoms with Crippen molar-refractivity contribution in [2.45, 2.75) is 13.0 Å². The fraction of sp³-hybridized carbons (Fsp3) is 0.160. The standard InChI is InChI=1S/C25H20ClNO7/c1-3-33-16-10-11-18(26)17(13-16)22(28)20-21(19-5-4-12-34-19)27(24(30)23(20)29)15-8-6-14(7-9-15)25(31)32-2/h4-13,21,28H,3H2,1-2H3/b22-20-. The van der Waals surface area contributed by atoms with Gasteiger partial charge in [-0.05, 0) is 61.5 Å². The SMILES string of the molecule is CCOc1ccc(Cl)c(/C(O)=C2/C(=O)C(=O)N(c3ccc(C(=O)OC)cc3)C2c2ccco2)c1. The average Bonchev–Trinajstić information content (AvgIpc) is 3.46. The van der Waals surface area contributed by atoms with Crippen LogP contribution in [0, 0.1) is 0 Å². The van der Waals surface area contributed by atoms with Crippen LogP contribution in [-0.4, -0.2) is 36.5 Å². The second-order valence-electron chi connectivity index (χ2n) is 7.30. The Morgan fingerprint density at radius 3 is 2.50 bits per heavy atom. The zero-order valence-corrected chi connectivity index (χ0v) is 19.0. The molecule has 9 heteroatoms. The Labute approximate surface area is 199 Å². The van der Waals surface area contributed by atoms with Gasteiger partial charge in [-0.25, -0.2) is 4.79 Å². The van der Waals surface area contributed by atoms with E-state index < -0.39 is 29.5 Å². The summed E-state index contributed by atoms with van der Waals surface area (Å²) < 4.78 is 15.7. The van der Waals surface area contributed by atoms with Crippen molar-refractivity contribution in [2.75, 3.05) is 18.6 Å². The Hall–Kier alpha value is -4.04. The minimum Gasteiger partial charge on any atom is -0.507 e. The van der Waals surface area contributed by atoms with Crippen LogP contribution in [0.3, 0.4) is 0 Å². The van der Waals surface area contributed by atoms with E-state index in [-0.39, 0.29) is 27.5 Å². The summed E-state index contributed by atoms with van der Waals surface area (Å²) in [6.45, 7) is 2.20. The molecule has 1 amide bonds. The first-order valence-corrected chi connectivity index (χ1v) is 10.7. The minimum absolute atomic E-state index is 0.142. The van der Waals surface area contributed by atoms with Crippen molar-refractivity contribution in [1.82, 2.24) is 0 Å². The number of nitrogens with zero attached hydrogens (tertiary/aromatic N) is 1. The molecule has 3 aromatic rings. The second-order valence-corrected chi connectivity index (χ2v) is 7.70. The number of hydrogen-bond donors (Lipinski definition) is 1. The number of methoxy groups -OCH3 is 1. The number of esters is 1. The van der Waals surface area contributed by atoms with E-state index >= 15 is 0 Å². The highest BCUT2D eigenvalue weighted by Crippen LogP contribution is 2.43. The van der Waals surface area contributed by atoms with Crippen molar-refractivity contribution in [3.8, 4) is 5.75 Å². The molecule has 0 aliphatic carbocycles. The normalized spacial score (nSPS) is 17.1. The maximum absolute atomic E-state index is 13.2. The van der Waals surface area contributed by atoms with Gasteiger partial charge in [0.15, 0.2) is 0 Å². The predicted octanol–water partition coefficient (Wildman–Crippen LogP) is 4.74. The van der Waals surface area contributed by atoms with Crippen LogP contribution >= 0.6 is 11.6 Å². The molecule has 0 bridgehead atoms. The minimum atomic E-state index is -1.06. The Morgan fingerprint density at radius 2 is 1.88 bits per heavy atom. The van der Waals surface area contributed by atoms with Gasteiger partial charge in [0.2, 0.25) is 0 Å². The molecule has 174 valence electrons. The molecular formula is C25H20ClNO7. The number of aliphatic hydroxyl groups is 1. The lowest BCUT2D eigenvalue weighted by molar-refractivity contribution is -0.132. The molecule has 4 rings (SSSR count). The molecule has 1 aliphatic rings. The molecule has 1 aliphatic heterocycles. The first-order chi connectivity index (χ1) is 16.4. The molecule has 0 spiro atoms. The lowest BCUT2D eigenvalue weighted by atomic mass is 9.99. The molecule has 0 saturated carbocycles. The molecule has 2 aromatic carbocycles. The number of Topliss-reactive ketones (excluding diaryl/α,β-unsaturated/α-hetero) is 1. The number of carbonyl (C=O) groups is 3. The van der Waals surface area contributed by atoms with Gasteiger partial charge in [-0.15, -0.1) is 0 Å². The smallest absolute Gasteiger partial charge is 0.337 e. The quantitative estimate of drug-likeness (QED) is 0.234. The Morgan fingerprint density at radius 1 is 1.15 bits per heavy atom.